The molecule has 0 spiro atoms. The molecule has 1 unspecified atom stereocenters. The number of anilines is 1. The molecule has 6 heteroatoms. The number of rotatable bonds is 3. The van der Waals surface area contributed by atoms with Gasteiger partial charge in [-0.3, -0.25) is 9.98 Å². The Bertz CT molecular complexity index is 1160. The molecular weight excluding hydrogens is 386 g/mol. The summed E-state index contributed by atoms with van der Waals surface area (Å²) in [7, 11) is 0. The van der Waals surface area contributed by atoms with Gasteiger partial charge < -0.3 is 15.2 Å². The number of aromatic nitrogens is 2. The molecule has 1 saturated heterocycles. The van der Waals surface area contributed by atoms with Crippen molar-refractivity contribution in [2.45, 2.75) is 58.5 Å². The van der Waals surface area contributed by atoms with Crippen molar-refractivity contribution in [2.24, 2.45) is 10.9 Å². The molecule has 2 atom stereocenters. The highest BCUT2D eigenvalue weighted by atomic mass is 16.5. The maximum atomic E-state index is 5.91. The number of hydrogen-bond acceptors (Lipinski definition) is 6. The fourth-order valence-corrected chi connectivity index (χ4v) is 4.97. The van der Waals surface area contributed by atoms with Crippen LogP contribution in [0.1, 0.15) is 61.9 Å². The van der Waals surface area contributed by atoms with Crippen LogP contribution in [0.5, 0.6) is 0 Å². The largest absolute Gasteiger partial charge is 0.380 e. The molecule has 160 valence electrons. The quantitative estimate of drug-likeness (QED) is 0.606. The molecule has 0 amide bonds. The minimum Gasteiger partial charge on any atom is -0.380 e. The number of allylic oxidation sites excluding steroid dienone is 2. The first kappa shape index (κ1) is 19.8. The van der Waals surface area contributed by atoms with Crippen molar-refractivity contribution >= 4 is 23.0 Å². The summed E-state index contributed by atoms with van der Waals surface area (Å²) in [5.41, 5.74) is 12.8. The third-order valence-corrected chi connectivity index (χ3v) is 6.62. The van der Waals surface area contributed by atoms with Gasteiger partial charge in [0.25, 0.3) is 0 Å². The summed E-state index contributed by atoms with van der Waals surface area (Å²) in [5, 5.41) is 4.77. The zero-order valence-corrected chi connectivity index (χ0v) is 18.2. The highest BCUT2D eigenvalue weighted by Gasteiger charge is 2.32. The lowest BCUT2D eigenvalue weighted by atomic mass is 9.89. The lowest BCUT2D eigenvalue weighted by Gasteiger charge is -2.41. The monoisotopic (exact) mass is 415 g/mol. The summed E-state index contributed by atoms with van der Waals surface area (Å²) >= 11 is 0. The molecule has 0 radical (unpaired) electrons. The van der Waals surface area contributed by atoms with E-state index in [4.69, 9.17) is 20.2 Å². The SMILES string of the molecule is Cc1cccnc1[C@H]1CCCC(=C2N=CCCC2C)N1Cc1ccc2c(N)noc2c1. The number of aryl methyl sites for hydroxylation is 1. The lowest BCUT2D eigenvalue weighted by Crippen LogP contribution is -2.34. The summed E-state index contributed by atoms with van der Waals surface area (Å²) < 4.78 is 5.43. The van der Waals surface area contributed by atoms with Gasteiger partial charge in [0.1, 0.15) is 0 Å². The molecule has 2 aromatic heterocycles. The first-order chi connectivity index (χ1) is 15.1. The zero-order chi connectivity index (χ0) is 21.4. The standard InChI is InChI=1S/C25H29N5O/c1-16-6-4-12-27-23(16)20-8-3-9-21(24-17(2)7-5-13-28-24)30(20)15-18-10-11-19-22(14-18)31-29-25(19)26/h4,6,10-14,17,20H,3,5,7-9,15H2,1-2H3,(H2,26,29)/t17?,20-/m1/s1. The molecule has 4 heterocycles. The molecule has 2 N–H and O–H groups in total. The molecule has 31 heavy (non-hydrogen) atoms. The number of benzene rings is 1. The van der Waals surface area contributed by atoms with E-state index in [9.17, 15) is 0 Å². The molecule has 6 nitrogen and oxygen atoms in total. The smallest absolute Gasteiger partial charge is 0.174 e. The number of fused-ring (bicyclic) bond motifs is 1. The number of pyridine rings is 1. The number of piperidine rings is 1. The van der Waals surface area contributed by atoms with E-state index in [1.807, 2.05) is 18.3 Å². The maximum absolute atomic E-state index is 5.91. The third-order valence-electron chi connectivity index (χ3n) is 6.62. The molecule has 0 bridgehead atoms. The van der Waals surface area contributed by atoms with Crippen LogP contribution in [0, 0.1) is 12.8 Å². The minimum atomic E-state index is 0.234. The Kier molecular flexibility index (Phi) is 5.22. The van der Waals surface area contributed by atoms with Gasteiger partial charge in [-0.25, -0.2) is 0 Å². The second-order valence-electron chi connectivity index (χ2n) is 8.76. The van der Waals surface area contributed by atoms with Crippen molar-refractivity contribution in [2.75, 3.05) is 5.73 Å². The average molecular weight is 416 g/mol. The highest BCUT2D eigenvalue weighted by Crippen LogP contribution is 2.41. The van der Waals surface area contributed by atoms with Crippen LogP contribution in [0.15, 0.2) is 57.4 Å². The molecule has 5 rings (SSSR count). The molecule has 0 aliphatic carbocycles. The Balaban J connectivity index is 1.59. The van der Waals surface area contributed by atoms with Gasteiger partial charge >= 0.3 is 0 Å². The van der Waals surface area contributed by atoms with Crippen molar-refractivity contribution in [1.82, 2.24) is 15.0 Å². The summed E-state index contributed by atoms with van der Waals surface area (Å²) in [6, 6.07) is 10.6. The molecule has 2 aliphatic rings. The van der Waals surface area contributed by atoms with Crippen LogP contribution >= 0.6 is 0 Å². The van der Waals surface area contributed by atoms with E-state index in [-0.39, 0.29) is 6.04 Å². The average Bonchev–Trinajstić information content (AvgIpc) is 3.15. The van der Waals surface area contributed by atoms with Crippen molar-refractivity contribution < 1.29 is 4.52 Å². The van der Waals surface area contributed by atoms with Crippen LogP contribution in [-0.4, -0.2) is 21.3 Å². The molecule has 1 fully saturated rings. The van der Waals surface area contributed by atoms with E-state index < -0.39 is 0 Å². The molecule has 1 aromatic carbocycles. The zero-order valence-electron chi connectivity index (χ0n) is 18.2. The minimum absolute atomic E-state index is 0.234. The normalized spacial score (nSPS) is 24.1. The van der Waals surface area contributed by atoms with Crippen LogP contribution in [0.4, 0.5) is 5.82 Å². The summed E-state index contributed by atoms with van der Waals surface area (Å²) in [4.78, 5) is 12.2. The van der Waals surface area contributed by atoms with Gasteiger partial charge in [-0.15, -0.1) is 0 Å². The van der Waals surface area contributed by atoms with Crippen LogP contribution < -0.4 is 5.73 Å². The van der Waals surface area contributed by atoms with Crippen molar-refractivity contribution in [3.05, 3.63) is 64.7 Å². The second kappa shape index (κ2) is 8.17. The predicted octanol–water partition coefficient (Wildman–Crippen LogP) is 5.55. The van der Waals surface area contributed by atoms with E-state index in [1.54, 1.807) is 0 Å². The van der Waals surface area contributed by atoms with Crippen LogP contribution in [0.25, 0.3) is 11.0 Å². The summed E-state index contributed by atoms with van der Waals surface area (Å²) in [6.45, 7) is 5.24. The van der Waals surface area contributed by atoms with Gasteiger partial charge in [0, 0.05) is 30.6 Å². The van der Waals surface area contributed by atoms with Gasteiger partial charge in [-0.1, -0.05) is 24.2 Å². The third kappa shape index (κ3) is 3.71. The van der Waals surface area contributed by atoms with Gasteiger partial charge in [0.2, 0.25) is 0 Å². The van der Waals surface area contributed by atoms with Crippen LogP contribution in [0.2, 0.25) is 0 Å². The van der Waals surface area contributed by atoms with Gasteiger partial charge in [-0.2, -0.15) is 0 Å². The molecule has 0 saturated carbocycles. The molecular formula is C25H29N5O. The number of hydrogen-bond donors (Lipinski definition) is 1. The first-order valence-electron chi connectivity index (χ1n) is 11.2. The Morgan fingerprint density at radius 3 is 2.97 bits per heavy atom. The predicted molar refractivity (Wildman–Crippen MR) is 123 cm³/mol. The van der Waals surface area contributed by atoms with E-state index >= 15 is 0 Å². The summed E-state index contributed by atoms with van der Waals surface area (Å²) in [6.07, 6.45) is 9.50. The van der Waals surface area contributed by atoms with E-state index in [0.29, 0.717) is 11.7 Å². The van der Waals surface area contributed by atoms with Gasteiger partial charge in [0.15, 0.2) is 11.4 Å². The Morgan fingerprint density at radius 2 is 2.13 bits per heavy atom. The maximum Gasteiger partial charge on any atom is 0.174 e. The molecule has 3 aromatic rings. The number of nitrogens with two attached hydrogens (primary N) is 1. The van der Waals surface area contributed by atoms with E-state index in [0.717, 1.165) is 55.3 Å². The fourth-order valence-electron chi connectivity index (χ4n) is 4.97. The van der Waals surface area contributed by atoms with Crippen molar-refractivity contribution in [3.8, 4) is 0 Å². The Hall–Kier alpha value is -3.15. The van der Waals surface area contributed by atoms with Gasteiger partial charge in [-0.05, 0) is 68.4 Å². The topological polar surface area (TPSA) is 80.5 Å². The lowest BCUT2D eigenvalue weighted by molar-refractivity contribution is 0.182. The highest BCUT2D eigenvalue weighted by molar-refractivity contribution is 5.87. The number of likely N-dealkylation sites (tertiary alicyclic amines) is 1. The van der Waals surface area contributed by atoms with Crippen molar-refractivity contribution in [1.29, 1.82) is 0 Å². The van der Waals surface area contributed by atoms with Crippen molar-refractivity contribution in [3.63, 3.8) is 0 Å². The Labute approximate surface area is 182 Å². The summed E-state index contributed by atoms with van der Waals surface area (Å²) in [5.74, 6) is 0.914. The second-order valence-corrected chi connectivity index (χ2v) is 8.76. The van der Waals surface area contributed by atoms with E-state index in [1.165, 1.54) is 22.5 Å². The number of aliphatic imine (C=N–C) groups is 1. The number of nitrogen functional groups attached to an aromatic ring is 1. The number of nitrogens with zero attached hydrogens (tertiary/aromatic N) is 4. The van der Waals surface area contributed by atoms with E-state index in [2.05, 4.69) is 48.3 Å². The van der Waals surface area contributed by atoms with Crippen LogP contribution in [-0.2, 0) is 6.54 Å². The first-order valence-corrected chi connectivity index (χ1v) is 11.2. The van der Waals surface area contributed by atoms with Crippen LogP contribution in [0.3, 0.4) is 0 Å². The molecule has 2 aliphatic heterocycles. The fraction of sp³-hybridized carbons (Fsp3) is 0.400. The van der Waals surface area contributed by atoms with Gasteiger partial charge in [0.05, 0.1) is 22.8 Å². The Morgan fingerprint density at radius 1 is 1.23 bits per heavy atom.